The number of methoxy groups -OCH3 is 1. The Morgan fingerprint density at radius 3 is 2.89 bits per heavy atom. The first-order chi connectivity index (χ1) is 9.11. The maximum atomic E-state index is 12.3. The predicted molar refractivity (Wildman–Crippen MR) is 74.3 cm³/mol. The first-order valence-electron chi connectivity index (χ1n) is 7.08. The molecule has 0 radical (unpaired) electrons. The summed E-state index contributed by atoms with van der Waals surface area (Å²) < 4.78 is 5.45. The Hall–Kier alpha value is -1.51. The van der Waals surface area contributed by atoms with Crippen LogP contribution >= 0.6 is 0 Å². The zero-order valence-corrected chi connectivity index (χ0v) is 11.9. The summed E-state index contributed by atoms with van der Waals surface area (Å²) in [6.07, 6.45) is 2.87. The molecule has 1 amide bonds. The van der Waals surface area contributed by atoms with Crippen LogP contribution < -0.4 is 4.74 Å². The number of benzene rings is 1. The number of hydrogen-bond donors (Lipinski definition) is 0. The Morgan fingerprint density at radius 2 is 2.16 bits per heavy atom. The Labute approximate surface area is 114 Å². The normalized spacial score (nSPS) is 25.8. The van der Waals surface area contributed by atoms with Crippen molar-refractivity contribution in [1.29, 1.82) is 0 Å². The molecule has 0 bridgehead atoms. The van der Waals surface area contributed by atoms with Gasteiger partial charge in [0.25, 0.3) is 0 Å². The molecule has 0 saturated carbocycles. The van der Waals surface area contributed by atoms with Crippen LogP contribution in [0.4, 0.5) is 0 Å². The van der Waals surface area contributed by atoms with Gasteiger partial charge in [-0.1, -0.05) is 13.0 Å². The van der Waals surface area contributed by atoms with E-state index in [1.54, 1.807) is 7.11 Å². The standard InChI is InChI=1S/C16H21NO2/c1-10-5-4-6-17-15(18)8-12-7-11(2)14(19-3)9-13(12)16(10)17/h7,9-10,16H,4-6,8H2,1-3H3/t10-,16-/m0/s1. The highest BCUT2D eigenvalue weighted by molar-refractivity contribution is 5.82. The Kier molecular flexibility index (Phi) is 3.00. The molecule has 0 aliphatic carbocycles. The fraction of sp³-hybridized carbons (Fsp3) is 0.562. The first-order valence-corrected chi connectivity index (χ1v) is 7.08. The number of hydrogen-bond acceptors (Lipinski definition) is 2. The number of ether oxygens (including phenoxy) is 1. The van der Waals surface area contributed by atoms with Crippen molar-refractivity contribution in [2.75, 3.05) is 13.7 Å². The Morgan fingerprint density at radius 1 is 1.37 bits per heavy atom. The molecule has 3 rings (SSSR count). The molecule has 2 aliphatic heterocycles. The van der Waals surface area contributed by atoms with E-state index in [4.69, 9.17) is 4.74 Å². The number of nitrogens with zero attached hydrogens (tertiary/aromatic N) is 1. The molecule has 0 unspecified atom stereocenters. The highest BCUT2D eigenvalue weighted by atomic mass is 16.5. The summed E-state index contributed by atoms with van der Waals surface area (Å²) in [5.74, 6) is 1.75. The van der Waals surface area contributed by atoms with Gasteiger partial charge in [0.15, 0.2) is 0 Å². The van der Waals surface area contributed by atoms with E-state index >= 15 is 0 Å². The van der Waals surface area contributed by atoms with E-state index in [1.165, 1.54) is 17.5 Å². The summed E-state index contributed by atoms with van der Waals surface area (Å²) in [6.45, 7) is 5.20. The van der Waals surface area contributed by atoms with Crippen LogP contribution in [0.2, 0.25) is 0 Å². The van der Waals surface area contributed by atoms with Gasteiger partial charge in [0, 0.05) is 6.54 Å². The third kappa shape index (κ3) is 1.92. The summed E-state index contributed by atoms with van der Waals surface area (Å²) in [5, 5.41) is 0. The molecule has 1 saturated heterocycles. The molecule has 3 nitrogen and oxygen atoms in total. The van der Waals surface area contributed by atoms with Crippen LogP contribution in [-0.2, 0) is 11.2 Å². The molecule has 1 fully saturated rings. The number of carbonyl (C=O) groups is 1. The molecule has 19 heavy (non-hydrogen) atoms. The van der Waals surface area contributed by atoms with Gasteiger partial charge in [0.1, 0.15) is 5.75 Å². The molecular formula is C16H21NO2. The zero-order valence-electron chi connectivity index (χ0n) is 11.9. The lowest BCUT2D eigenvalue weighted by Gasteiger charge is -2.44. The van der Waals surface area contributed by atoms with Gasteiger partial charge < -0.3 is 9.64 Å². The highest BCUT2D eigenvalue weighted by Gasteiger charge is 2.38. The lowest BCUT2D eigenvalue weighted by atomic mass is 9.80. The average Bonchev–Trinajstić information content (AvgIpc) is 2.39. The zero-order chi connectivity index (χ0) is 13.6. The van der Waals surface area contributed by atoms with Gasteiger partial charge in [-0.2, -0.15) is 0 Å². The van der Waals surface area contributed by atoms with Crippen molar-refractivity contribution >= 4 is 5.91 Å². The fourth-order valence-electron chi connectivity index (χ4n) is 3.62. The molecule has 0 spiro atoms. The largest absolute Gasteiger partial charge is 0.496 e. The Balaban J connectivity index is 2.12. The van der Waals surface area contributed by atoms with Crippen molar-refractivity contribution in [1.82, 2.24) is 4.90 Å². The SMILES string of the molecule is COc1cc2c(cc1C)CC(=O)N1CCC[C@H](C)[C@@H]21. The van der Waals surface area contributed by atoms with Gasteiger partial charge in [0.2, 0.25) is 5.91 Å². The van der Waals surface area contributed by atoms with Crippen LogP contribution in [0, 0.1) is 12.8 Å². The third-order valence-electron chi connectivity index (χ3n) is 4.57. The maximum absolute atomic E-state index is 12.3. The van der Waals surface area contributed by atoms with E-state index in [1.807, 2.05) is 6.92 Å². The van der Waals surface area contributed by atoms with Crippen molar-refractivity contribution < 1.29 is 9.53 Å². The minimum absolute atomic E-state index is 0.250. The molecule has 1 aromatic carbocycles. The van der Waals surface area contributed by atoms with Crippen molar-refractivity contribution in [3.63, 3.8) is 0 Å². The molecule has 0 N–H and O–H groups in total. The van der Waals surface area contributed by atoms with Crippen LogP contribution in [0.5, 0.6) is 5.75 Å². The number of rotatable bonds is 1. The summed E-state index contributed by atoms with van der Waals surface area (Å²) in [4.78, 5) is 14.4. The summed E-state index contributed by atoms with van der Waals surface area (Å²) in [5.41, 5.74) is 3.61. The van der Waals surface area contributed by atoms with Gasteiger partial charge >= 0.3 is 0 Å². The van der Waals surface area contributed by atoms with Crippen molar-refractivity contribution in [2.24, 2.45) is 5.92 Å². The van der Waals surface area contributed by atoms with E-state index in [9.17, 15) is 4.79 Å². The molecule has 2 heterocycles. The van der Waals surface area contributed by atoms with Gasteiger partial charge in [-0.05, 0) is 48.4 Å². The van der Waals surface area contributed by atoms with Gasteiger partial charge in [-0.3, -0.25) is 4.79 Å². The van der Waals surface area contributed by atoms with Gasteiger partial charge in [-0.15, -0.1) is 0 Å². The number of piperidine rings is 1. The monoisotopic (exact) mass is 259 g/mol. The van der Waals surface area contributed by atoms with Crippen molar-refractivity contribution in [2.45, 2.75) is 39.2 Å². The van der Waals surface area contributed by atoms with E-state index in [0.717, 1.165) is 24.3 Å². The minimum Gasteiger partial charge on any atom is -0.496 e. The van der Waals surface area contributed by atoms with Gasteiger partial charge in [0.05, 0.1) is 19.6 Å². The second-order valence-electron chi connectivity index (χ2n) is 5.85. The van der Waals surface area contributed by atoms with Crippen LogP contribution in [0.1, 0.15) is 42.5 Å². The molecule has 102 valence electrons. The molecule has 0 aromatic heterocycles. The molecule has 2 aliphatic rings. The fourth-order valence-corrected chi connectivity index (χ4v) is 3.62. The van der Waals surface area contributed by atoms with E-state index in [0.29, 0.717) is 12.3 Å². The lowest BCUT2D eigenvalue weighted by Crippen LogP contribution is -2.46. The highest BCUT2D eigenvalue weighted by Crippen LogP contribution is 2.42. The third-order valence-corrected chi connectivity index (χ3v) is 4.57. The van der Waals surface area contributed by atoms with Crippen LogP contribution in [-0.4, -0.2) is 24.5 Å². The second-order valence-corrected chi connectivity index (χ2v) is 5.85. The Bertz CT molecular complexity index is 524. The van der Waals surface area contributed by atoms with Crippen LogP contribution in [0.15, 0.2) is 12.1 Å². The second kappa shape index (κ2) is 4.55. The maximum Gasteiger partial charge on any atom is 0.227 e. The van der Waals surface area contributed by atoms with E-state index in [-0.39, 0.29) is 11.9 Å². The molecule has 3 heteroatoms. The van der Waals surface area contributed by atoms with Gasteiger partial charge in [-0.25, -0.2) is 0 Å². The average molecular weight is 259 g/mol. The number of carbonyl (C=O) groups excluding carboxylic acids is 1. The van der Waals surface area contributed by atoms with Crippen LogP contribution in [0.25, 0.3) is 0 Å². The summed E-state index contributed by atoms with van der Waals surface area (Å²) >= 11 is 0. The predicted octanol–water partition coefficient (Wildman–Crippen LogP) is 2.86. The number of aryl methyl sites for hydroxylation is 1. The topological polar surface area (TPSA) is 29.5 Å². The quantitative estimate of drug-likeness (QED) is 0.776. The van der Waals surface area contributed by atoms with E-state index < -0.39 is 0 Å². The molecule has 1 aromatic rings. The summed E-state index contributed by atoms with van der Waals surface area (Å²) in [7, 11) is 1.71. The van der Waals surface area contributed by atoms with Crippen LogP contribution in [0.3, 0.4) is 0 Å². The summed E-state index contributed by atoms with van der Waals surface area (Å²) in [6, 6.07) is 4.53. The number of amides is 1. The van der Waals surface area contributed by atoms with Crippen molar-refractivity contribution in [3.05, 3.63) is 28.8 Å². The molecular weight excluding hydrogens is 238 g/mol. The lowest BCUT2D eigenvalue weighted by molar-refractivity contribution is -0.137. The first kappa shape index (κ1) is 12.5. The number of fused-ring (bicyclic) bond motifs is 3. The molecule has 2 atom stereocenters. The minimum atomic E-state index is 0.250. The smallest absolute Gasteiger partial charge is 0.227 e. The van der Waals surface area contributed by atoms with E-state index in [2.05, 4.69) is 24.0 Å². The van der Waals surface area contributed by atoms with Crippen molar-refractivity contribution in [3.8, 4) is 5.75 Å².